The Morgan fingerprint density at radius 2 is 2.33 bits per heavy atom. The van der Waals surface area contributed by atoms with Gasteiger partial charge in [0.2, 0.25) is 0 Å². The van der Waals surface area contributed by atoms with Gasteiger partial charge in [-0.3, -0.25) is 5.10 Å². The van der Waals surface area contributed by atoms with E-state index in [2.05, 4.69) is 10.2 Å². The van der Waals surface area contributed by atoms with E-state index in [0.717, 1.165) is 22.3 Å². The lowest BCUT2D eigenvalue weighted by molar-refractivity contribution is 0.580. The number of aromatic amines is 1. The van der Waals surface area contributed by atoms with Crippen molar-refractivity contribution in [1.82, 2.24) is 10.2 Å². The Labute approximate surface area is 128 Å². The van der Waals surface area contributed by atoms with Crippen LogP contribution >= 0.6 is 11.8 Å². The smallest absolute Gasteiger partial charge is 0.171 e. The van der Waals surface area contributed by atoms with Crippen LogP contribution in [0, 0.1) is 0 Å². The van der Waals surface area contributed by atoms with E-state index in [1.165, 1.54) is 0 Å². The van der Waals surface area contributed by atoms with Crippen molar-refractivity contribution >= 4 is 43.9 Å². The van der Waals surface area contributed by atoms with Gasteiger partial charge in [-0.1, -0.05) is 6.92 Å². The number of aromatic nitrogens is 2. The number of rotatable bonds is 3. The number of nitrogens with one attached hydrogen (secondary N) is 1. The van der Waals surface area contributed by atoms with Gasteiger partial charge in [0.15, 0.2) is 9.84 Å². The fraction of sp³-hybridized carbons (Fsp3) is 0.462. The Bertz CT molecular complexity index is 757. The highest BCUT2D eigenvalue weighted by Crippen LogP contribution is 2.33. The van der Waals surface area contributed by atoms with Crippen LogP contribution in [0.15, 0.2) is 18.3 Å². The van der Waals surface area contributed by atoms with Crippen molar-refractivity contribution < 1.29 is 8.42 Å². The third-order valence-electron chi connectivity index (χ3n) is 3.80. The molecule has 0 saturated carbocycles. The highest BCUT2D eigenvalue weighted by atomic mass is 32.2. The first-order valence-corrected chi connectivity index (χ1v) is 9.68. The minimum atomic E-state index is -3.15. The van der Waals surface area contributed by atoms with Gasteiger partial charge in [0.25, 0.3) is 0 Å². The molecule has 1 unspecified atom stereocenters. The molecule has 0 bridgehead atoms. The number of hydrogen-bond acceptors (Lipinski definition) is 6. The first kappa shape index (κ1) is 14.5. The van der Waals surface area contributed by atoms with Crippen LogP contribution in [0.5, 0.6) is 0 Å². The minimum Gasteiger partial charge on any atom is -0.397 e. The van der Waals surface area contributed by atoms with Crippen molar-refractivity contribution in [2.24, 2.45) is 0 Å². The van der Waals surface area contributed by atoms with E-state index < -0.39 is 15.2 Å². The topological polar surface area (TPSA) is 92.1 Å². The number of nitrogens with zero attached hydrogens (tertiary/aromatic N) is 2. The molecule has 3 N–H and O–H groups in total. The molecule has 0 amide bonds. The predicted octanol–water partition coefficient (Wildman–Crippen LogP) is 1.46. The summed E-state index contributed by atoms with van der Waals surface area (Å²) >= 11 is 1.67. The molecule has 1 saturated heterocycles. The molecule has 114 valence electrons. The highest BCUT2D eigenvalue weighted by molar-refractivity contribution is 8.01. The summed E-state index contributed by atoms with van der Waals surface area (Å²) in [6, 6.07) is 3.73. The molecule has 1 aromatic heterocycles. The van der Waals surface area contributed by atoms with Gasteiger partial charge in [0, 0.05) is 29.2 Å². The van der Waals surface area contributed by atoms with Crippen molar-refractivity contribution in [3.63, 3.8) is 0 Å². The van der Waals surface area contributed by atoms with E-state index in [9.17, 15) is 8.42 Å². The molecule has 1 fully saturated rings. The number of fused-ring (bicyclic) bond motifs is 1. The largest absolute Gasteiger partial charge is 0.397 e. The maximum absolute atomic E-state index is 12.3. The normalized spacial score (nSPS) is 20.0. The SMILES string of the molecule is CCS(=O)(=O)C1CSCCN1c1cc2[nH]ncc2cc1N. The number of sulfone groups is 1. The van der Waals surface area contributed by atoms with E-state index in [1.54, 1.807) is 24.9 Å². The quantitative estimate of drug-likeness (QED) is 0.830. The van der Waals surface area contributed by atoms with Crippen LogP contribution in [0.2, 0.25) is 0 Å². The van der Waals surface area contributed by atoms with E-state index in [-0.39, 0.29) is 5.75 Å². The van der Waals surface area contributed by atoms with Crippen LogP contribution in [-0.4, -0.2) is 47.8 Å². The predicted molar refractivity (Wildman–Crippen MR) is 88.4 cm³/mol. The second kappa shape index (κ2) is 5.42. The summed E-state index contributed by atoms with van der Waals surface area (Å²) < 4.78 is 24.7. The Morgan fingerprint density at radius 3 is 3.10 bits per heavy atom. The highest BCUT2D eigenvalue weighted by Gasteiger charge is 2.33. The molecule has 6 nitrogen and oxygen atoms in total. The van der Waals surface area contributed by atoms with Crippen molar-refractivity contribution in [3.8, 4) is 0 Å². The molecule has 3 rings (SSSR count). The molecule has 1 aromatic carbocycles. The van der Waals surface area contributed by atoms with Gasteiger partial charge in [-0.05, 0) is 12.1 Å². The molecular formula is C13H18N4O2S2. The van der Waals surface area contributed by atoms with Gasteiger partial charge < -0.3 is 10.6 Å². The lowest BCUT2D eigenvalue weighted by Crippen LogP contribution is -2.48. The summed E-state index contributed by atoms with van der Waals surface area (Å²) in [5.74, 6) is 1.62. The first-order chi connectivity index (χ1) is 10.0. The van der Waals surface area contributed by atoms with E-state index in [0.29, 0.717) is 18.0 Å². The van der Waals surface area contributed by atoms with E-state index in [1.807, 2.05) is 17.0 Å². The number of H-pyrrole nitrogens is 1. The molecule has 8 heteroatoms. The van der Waals surface area contributed by atoms with Crippen LogP contribution in [0.3, 0.4) is 0 Å². The molecule has 0 spiro atoms. The Hall–Kier alpha value is -1.41. The lowest BCUT2D eigenvalue weighted by atomic mass is 10.2. The Kier molecular flexibility index (Phi) is 3.75. The average molecular weight is 326 g/mol. The Balaban J connectivity index is 2.07. The minimum absolute atomic E-state index is 0.140. The summed E-state index contributed by atoms with van der Waals surface area (Å²) in [4.78, 5) is 1.92. The summed E-state index contributed by atoms with van der Waals surface area (Å²) in [5, 5.41) is 7.32. The fourth-order valence-corrected chi connectivity index (χ4v) is 5.58. The standard InChI is InChI=1S/C13H18N4O2S2/c1-2-21(18,19)13-8-20-4-3-17(13)12-6-11-9(5-10(12)14)7-15-16-11/h5-7,13H,2-4,8,14H2,1H3,(H,15,16). The summed E-state index contributed by atoms with van der Waals surface area (Å²) in [5.41, 5.74) is 8.37. The van der Waals surface area contributed by atoms with Gasteiger partial charge in [-0.25, -0.2) is 8.42 Å². The van der Waals surface area contributed by atoms with Crippen LogP contribution in [0.4, 0.5) is 11.4 Å². The summed E-state index contributed by atoms with van der Waals surface area (Å²) in [7, 11) is -3.15. The molecule has 2 aromatic rings. The number of anilines is 2. The summed E-state index contributed by atoms with van der Waals surface area (Å²) in [6.07, 6.45) is 1.71. The van der Waals surface area contributed by atoms with Crippen LogP contribution < -0.4 is 10.6 Å². The maximum Gasteiger partial charge on any atom is 0.171 e. The van der Waals surface area contributed by atoms with Crippen LogP contribution in [-0.2, 0) is 9.84 Å². The number of hydrogen-bond donors (Lipinski definition) is 2. The number of thioether (sulfide) groups is 1. The zero-order chi connectivity index (χ0) is 15.0. The number of nitrogens with two attached hydrogens (primary N) is 1. The number of nitrogen functional groups attached to an aromatic ring is 1. The summed E-state index contributed by atoms with van der Waals surface area (Å²) in [6.45, 7) is 2.37. The second-order valence-electron chi connectivity index (χ2n) is 5.04. The molecule has 1 aliphatic rings. The van der Waals surface area contributed by atoms with Crippen molar-refractivity contribution in [2.75, 3.05) is 34.4 Å². The molecule has 0 aliphatic carbocycles. The van der Waals surface area contributed by atoms with Gasteiger partial charge in [-0.15, -0.1) is 0 Å². The monoisotopic (exact) mass is 326 g/mol. The third kappa shape index (κ3) is 2.57. The van der Waals surface area contributed by atoms with Crippen molar-refractivity contribution in [3.05, 3.63) is 18.3 Å². The van der Waals surface area contributed by atoms with Gasteiger partial charge in [0.1, 0.15) is 5.37 Å². The van der Waals surface area contributed by atoms with Gasteiger partial charge in [-0.2, -0.15) is 16.9 Å². The zero-order valence-corrected chi connectivity index (χ0v) is 13.4. The molecule has 0 radical (unpaired) electrons. The molecule has 21 heavy (non-hydrogen) atoms. The van der Waals surface area contributed by atoms with E-state index >= 15 is 0 Å². The van der Waals surface area contributed by atoms with E-state index in [4.69, 9.17) is 5.73 Å². The third-order valence-corrected chi connectivity index (χ3v) is 7.09. The average Bonchev–Trinajstić information content (AvgIpc) is 2.93. The molecule has 1 atom stereocenters. The first-order valence-electron chi connectivity index (χ1n) is 6.81. The molecule has 2 heterocycles. The second-order valence-corrected chi connectivity index (χ2v) is 8.64. The number of benzene rings is 1. The zero-order valence-electron chi connectivity index (χ0n) is 11.7. The van der Waals surface area contributed by atoms with Gasteiger partial charge >= 0.3 is 0 Å². The van der Waals surface area contributed by atoms with Gasteiger partial charge in [0.05, 0.1) is 23.1 Å². The van der Waals surface area contributed by atoms with Crippen molar-refractivity contribution in [1.29, 1.82) is 0 Å². The van der Waals surface area contributed by atoms with Crippen molar-refractivity contribution in [2.45, 2.75) is 12.3 Å². The van der Waals surface area contributed by atoms with Crippen LogP contribution in [0.1, 0.15) is 6.92 Å². The Morgan fingerprint density at radius 1 is 1.52 bits per heavy atom. The lowest BCUT2D eigenvalue weighted by Gasteiger charge is -2.37. The van der Waals surface area contributed by atoms with Crippen LogP contribution in [0.25, 0.3) is 10.9 Å². The molecular weight excluding hydrogens is 308 g/mol. The molecule has 1 aliphatic heterocycles. The maximum atomic E-state index is 12.3. The fourth-order valence-electron chi connectivity index (χ4n) is 2.59.